The molecule has 542 valence electrons. The molecule has 29 heteroatoms. The molecule has 0 saturated carbocycles. The van der Waals surface area contributed by atoms with Crippen molar-refractivity contribution < 1.29 is 28.5 Å². The topological polar surface area (TPSA) is 297 Å². The smallest absolute Gasteiger partial charge is 0.407 e. The number of amides is 2. The Labute approximate surface area is 622 Å². The molecule has 26 nitrogen and oxygen atoms in total. The van der Waals surface area contributed by atoms with E-state index in [1.165, 1.54) is 0 Å². The van der Waals surface area contributed by atoms with E-state index in [9.17, 15) is 9.59 Å². The monoisotopic (exact) mass is 1550 g/mol. The van der Waals surface area contributed by atoms with E-state index in [2.05, 4.69) is 110 Å². The van der Waals surface area contributed by atoms with Crippen LogP contribution in [0.1, 0.15) is 121 Å². The van der Waals surface area contributed by atoms with Crippen molar-refractivity contribution in [2.75, 3.05) is 97.4 Å². The van der Waals surface area contributed by atoms with Crippen LogP contribution >= 0.6 is 45.8 Å². The maximum Gasteiger partial charge on any atom is 0.407 e. The third-order valence-electron chi connectivity index (χ3n) is 20.2. The Morgan fingerprint density at radius 1 is 0.563 bits per heavy atom. The Morgan fingerprint density at radius 2 is 1.00 bits per heavy atom. The number of benzene rings is 4. The second-order valence-electron chi connectivity index (χ2n) is 28.1. The zero-order valence-electron chi connectivity index (χ0n) is 58.4. The molecule has 103 heavy (non-hydrogen) atoms. The van der Waals surface area contributed by atoms with Crippen LogP contribution in [0.2, 0.25) is 10.0 Å². The normalized spacial score (nSPS) is 18.6. The number of nitrogens with two attached hydrogens (primary N) is 1. The average molecular weight is 1550 g/mol. The number of carbonyl (C=O) groups is 2. The van der Waals surface area contributed by atoms with Crippen molar-refractivity contribution in [1.29, 1.82) is 0 Å². The summed E-state index contributed by atoms with van der Waals surface area (Å²) in [6.45, 7) is 15.7. The lowest BCUT2D eigenvalue weighted by Gasteiger charge is -2.39. The summed E-state index contributed by atoms with van der Waals surface area (Å²) in [4.78, 5) is 60.0. The Balaban J connectivity index is 0.000000141. The Kier molecular flexibility index (Phi) is 23.5. The summed E-state index contributed by atoms with van der Waals surface area (Å²) in [6, 6.07) is 34.5. The molecule has 5 aliphatic heterocycles. The number of anilines is 7. The van der Waals surface area contributed by atoms with Crippen LogP contribution in [0, 0.1) is 19.9 Å². The number of aromatic amines is 1. The molecule has 7 N–H and O–H groups in total. The van der Waals surface area contributed by atoms with Gasteiger partial charge in [-0.05, 0) is 158 Å². The van der Waals surface area contributed by atoms with Crippen molar-refractivity contribution >= 4 is 132 Å². The number of piperidine rings is 3. The maximum atomic E-state index is 12.3. The molecule has 4 aromatic carbocycles. The number of nitrogens with zero attached hydrogens (tertiary/aromatic N) is 14. The van der Waals surface area contributed by atoms with Gasteiger partial charge in [-0.15, -0.1) is 5.10 Å². The summed E-state index contributed by atoms with van der Waals surface area (Å²) in [5.41, 5.74) is 13.8. The van der Waals surface area contributed by atoms with E-state index in [-0.39, 0.29) is 48.0 Å². The highest BCUT2D eigenvalue weighted by Gasteiger charge is 2.35. The first-order valence-electron chi connectivity index (χ1n) is 35.5. The number of rotatable bonds is 18. The molecule has 2 unspecified atom stereocenters. The lowest BCUT2D eigenvalue weighted by Crippen LogP contribution is -2.45. The molecule has 0 spiro atoms. The van der Waals surface area contributed by atoms with Gasteiger partial charge in [-0.3, -0.25) is 5.10 Å². The summed E-state index contributed by atoms with van der Waals surface area (Å²) in [5.74, 6) is 3.81. The SMILES string of the molecule is CC1(CN)CCN(c2cnc3c(Nc4ccccc4Cl)[nH]nc3n2)CC1.CC1(CNC(=O)OCc2ccccc2)CCN(c2cnc3c(I)nn(C4CCCCO4)c3n2)CC1.CC1(CNC(=O)OCc2ccccc2)CCN(c2cnc3c(Nc4ccccc4Cl)nn(C4CCCCO4)c3n2)CC1. The molecule has 2 atom stereocenters. The van der Waals surface area contributed by atoms with E-state index in [1.807, 2.05) is 131 Å². The van der Waals surface area contributed by atoms with Gasteiger partial charge >= 0.3 is 12.2 Å². The average Bonchev–Trinajstić information content (AvgIpc) is 1.65. The number of nitrogens with one attached hydrogen (secondary N) is 5. The third kappa shape index (κ3) is 18.3. The van der Waals surface area contributed by atoms with Gasteiger partial charge in [-0.2, -0.15) is 10.2 Å². The highest BCUT2D eigenvalue weighted by atomic mass is 127. The van der Waals surface area contributed by atoms with Crippen LogP contribution in [0.5, 0.6) is 0 Å². The number of H-pyrrole nitrogens is 1. The van der Waals surface area contributed by atoms with Crippen LogP contribution in [0.3, 0.4) is 0 Å². The second kappa shape index (κ2) is 33.4. The van der Waals surface area contributed by atoms with Gasteiger partial charge in [0.15, 0.2) is 50.1 Å². The maximum absolute atomic E-state index is 12.3. The molecule has 10 aromatic rings. The van der Waals surface area contributed by atoms with Gasteiger partial charge in [0.1, 0.15) is 36.2 Å². The van der Waals surface area contributed by atoms with Gasteiger partial charge in [-0.1, -0.05) is 129 Å². The molecule has 6 aromatic heterocycles. The zero-order valence-corrected chi connectivity index (χ0v) is 62.0. The number of hydrogen-bond acceptors (Lipinski definition) is 21. The van der Waals surface area contributed by atoms with E-state index in [1.54, 1.807) is 6.20 Å². The summed E-state index contributed by atoms with van der Waals surface area (Å²) in [7, 11) is 0. The van der Waals surface area contributed by atoms with Crippen molar-refractivity contribution in [3.05, 3.63) is 153 Å². The van der Waals surface area contributed by atoms with Gasteiger partial charge in [0.2, 0.25) is 5.65 Å². The van der Waals surface area contributed by atoms with Gasteiger partial charge in [0, 0.05) is 65.6 Å². The Morgan fingerprint density at radius 3 is 1.49 bits per heavy atom. The second-order valence-corrected chi connectivity index (χ2v) is 29.9. The summed E-state index contributed by atoms with van der Waals surface area (Å²) >= 11 is 14.8. The minimum absolute atomic E-state index is 0.00683. The van der Waals surface area contributed by atoms with Crippen molar-refractivity contribution in [1.82, 2.24) is 70.3 Å². The molecule has 5 fully saturated rings. The Bertz CT molecular complexity index is 4480. The fourth-order valence-electron chi connectivity index (χ4n) is 13.3. The van der Waals surface area contributed by atoms with Crippen LogP contribution in [0.25, 0.3) is 33.5 Å². The van der Waals surface area contributed by atoms with Crippen molar-refractivity contribution in [2.24, 2.45) is 22.0 Å². The van der Waals surface area contributed by atoms with E-state index in [4.69, 9.17) is 67.9 Å². The summed E-state index contributed by atoms with van der Waals surface area (Å²) in [6.07, 6.45) is 16.4. The molecular weight excluding hydrogens is 1460 g/mol. The quantitative estimate of drug-likeness (QED) is 0.0435. The van der Waals surface area contributed by atoms with Crippen LogP contribution in [-0.2, 0) is 32.2 Å². The zero-order chi connectivity index (χ0) is 71.3. The minimum atomic E-state index is -0.391. The third-order valence-corrected chi connectivity index (χ3v) is 21.6. The van der Waals surface area contributed by atoms with Crippen molar-refractivity contribution in [2.45, 2.75) is 123 Å². The van der Waals surface area contributed by atoms with Gasteiger partial charge < -0.3 is 60.6 Å². The molecule has 0 bridgehead atoms. The van der Waals surface area contributed by atoms with Crippen LogP contribution in [0.15, 0.2) is 128 Å². The lowest BCUT2D eigenvalue weighted by molar-refractivity contribution is -0.0372. The van der Waals surface area contributed by atoms with Crippen molar-refractivity contribution in [3.63, 3.8) is 0 Å². The molecule has 11 heterocycles. The molecule has 15 rings (SSSR count). The predicted octanol–water partition coefficient (Wildman–Crippen LogP) is 14.4. The molecule has 2 amide bonds. The number of alkyl carbamates (subject to hydrolysis) is 2. The van der Waals surface area contributed by atoms with Gasteiger partial charge in [0.05, 0.1) is 40.0 Å². The number of ether oxygens (including phenoxy) is 4. The fourth-order valence-corrected chi connectivity index (χ4v) is 14.3. The number of halogens is 3. The van der Waals surface area contributed by atoms with E-state index in [0.29, 0.717) is 63.7 Å². The highest BCUT2D eigenvalue weighted by molar-refractivity contribution is 14.1. The standard InChI is InChI=1S/C31H36ClN7O3.C25H31IN6O3.C18H22ClN7/c1-31(21-34-30(40)42-20-22-9-3-2-4-10-22)14-16-38(17-15-31)25-19-33-27-28(35-24-12-6-5-11-23(24)32)37-39(29(27)36-25)26-13-7-8-18-41-26;1-25(17-28-24(33)35-16-18-7-3-2-4-8-18)10-12-31(13-11-25)19-15-27-21-22(26)30-32(23(21)29-19)20-9-5-6-14-34-20;1-18(11-20)6-8-26(9-7-18)14-10-21-15-16(24-25-17(15)23-14)22-13-5-3-2-4-12(13)19/h2-6,9-12,19,26H,7-8,13-18,20-21H2,1H3,(H,34,40)(H,35,37);2-4,7-8,15,20H,5-6,9-14,16-17H2,1H3,(H,28,33);2-5,10H,6-9,11,20H2,1H3,(H2,22,23,24,25). The summed E-state index contributed by atoms with van der Waals surface area (Å²) in [5, 5.41) is 30.5. The molecule has 0 radical (unpaired) electrons. The van der Waals surface area contributed by atoms with E-state index >= 15 is 0 Å². The first-order chi connectivity index (χ1) is 50.1. The Hall–Kier alpha value is -8.74. The summed E-state index contributed by atoms with van der Waals surface area (Å²) < 4.78 is 27.4. The first-order valence-corrected chi connectivity index (χ1v) is 37.4. The van der Waals surface area contributed by atoms with Crippen LogP contribution < -0.4 is 41.7 Å². The number of aromatic nitrogens is 12. The van der Waals surface area contributed by atoms with Gasteiger partial charge in [-0.25, -0.2) is 48.9 Å². The number of hydrogen-bond donors (Lipinski definition) is 6. The lowest BCUT2D eigenvalue weighted by atomic mass is 9.80. The molecular formula is C74H89Cl2IN20O6. The van der Waals surface area contributed by atoms with Crippen molar-refractivity contribution in [3.8, 4) is 0 Å². The van der Waals surface area contributed by atoms with Crippen LogP contribution in [-0.4, -0.2) is 144 Å². The van der Waals surface area contributed by atoms with Crippen LogP contribution in [0.4, 0.5) is 50.1 Å². The first kappa shape index (κ1) is 72.6. The highest BCUT2D eigenvalue weighted by Crippen LogP contribution is 2.39. The largest absolute Gasteiger partial charge is 0.445 e. The number of fused-ring (bicyclic) bond motifs is 3. The fraction of sp³-hybridized carbons (Fsp3) is 0.446. The predicted molar refractivity (Wildman–Crippen MR) is 409 cm³/mol. The van der Waals surface area contributed by atoms with E-state index < -0.39 is 6.09 Å². The molecule has 5 saturated heterocycles. The number of para-hydroxylation sites is 2. The minimum Gasteiger partial charge on any atom is -0.445 e. The molecule has 0 aliphatic carbocycles. The van der Waals surface area contributed by atoms with E-state index in [0.717, 1.165) is 184 Å². The molecule has 5 aliphatic rings. The van der Waals surface area contributed by atoms with Gasteiger partial charge in [0.25, 0.3) is 0 Å². The number of carbonyl (C=O) groups excluding carboxylic acids is 2.